The normalized spacial score (nSPS) is 14.8. The van der Waals surface area contributed by atoms with Crippen LogP contribution in [0.1, 0.15) is 47.4 Å². The van der Waals surface area contributed by atoms with E-state index in [0.717, 1.165) is 18.4 Å². The molecule has 1 aliphatic carbocycles. The maximum absolute atomic E-state index is 12.5. The first-order valence-corrected chi connectivity index (χ1v) is 8.88. The number of hydrogen-bond acceptors (Lipinski definition) is 3. The Bertz CT molecular complexity index is 888. The Morgan fingerprint density at radius 1 is 1.15 bits per heavy atom. The van der Waals surface area contributed by atoms with Crippen molar-refractivity contribution in [2.45, 2.75) is 38.8 Å². The number of carbonyl (C=O) groups excluding carboxylic acids is 2. The molecule has 26 heavy (non-hydrogen) atoms. The van der Waals surface area contributed by atoms with Gasteiger partial charge in [-0.3, -0.25) is 19.1 Å². The predicted octanol–water partition coefficient (Wildman–Crippen LogP) is 3.04. The van der Waals surface area contributed by atoms with Gasteiger partial charge in [-0.25, -0.2) is 0 Å². The van der Waals surface area contributed by atoms with Gasteiger partial charge < -0.3 is 5.32 Å². The number of carbonyl (C=O) groups is 2. The summed E-state index contributed by atoms with van der Waals surface area (Å²) in [5.41, 5.74) is 2.13. The lowest BCUT2D eigenvalue weighted by molar-refractivity contribution is 0.0947. The van der Waals surface area contributed by atoms with Gasteiger partial charge in [0.05, 0.1) is 0 Å². The summed E-state index contributed by atoms with van der Waals surface area (Å²) < 4.78 is 1.52. The maximum Gasteiger partial charge on any atom is 0.256 e. The first-order valence-electron chi connectivity index (χ1n) is 8.88. The molecule has 1 heterocycles. The molecule has 0 atom stereocenters. The molecule has 1 aromatic heterocycles. The fourth-order valence-corrected chi connectivity index (χ4v) is 2.48. The minimum Gasteiger partial charge on any atom is -0.349 e. The third kappa shape index (κ3) is 4.79. The molecule has 1 fully saturated rings. The fourth-order valence-electron chi connectivity index (χ4n) is 2.48. The molecular weight excluding hydrogens is 326 g/mol. The van der Waals surface area contributed by atoms with Crippen molar-refractivity contribution in [3.8, 4) is 0 Å². The zero-order chi connectivity index (χ0) is 18.5. The van der Waals surface area contributed by atoms with Crippen LogP contribution in [0.2, 0.25) is 0 Å². The number of rotatable bonds is 5. The van der Waals surface area contributed by atoms with Crippen LogP contribution in [-0.2, 0) is 0 Å². The molecule has 5 nitrogen and oxygen atoms in total. The van der Waals surface area contributed by atoms with Crippen molar-refractivity contribution in [1.29, 1.82) is 0 Å². The van der Waals surface area contributed by atoms with Crippen LogP contribution in [0.4, 0.5) is 0 Å². The van der Waals surface area contributed by atoms with Crippen LogP contribution in [-0.4, -0.2) is 28.5 Å². The van der Waals surface area contributed by atoms with Gasteiger partial charge in [-0.2, -0.15) is 0 Å². The van der Waals surface area contributed by atoms with Crippen molar-refractivity contribution in [2.75, 3.05) is 0 Å². The molecule has 134 valence electrons. The summed E-state index contributed by atoms with van der Waals surface area (Å²) in [5.74, 6) is -0.209. The van der Waals surface area contributed by atoms with E-state index in [0.29, 0.717) is 17.1 Å². The largest absolute Gasteiger partial charge is 0.349 e. The second-order valence-electron chi connectivity index (χ2n) is 6.69. The fraction of sp³-hybridized carbons (Fsp3) is 0.286. The summed E-state index contributed by atoms with van der Waals surface area (Å²) >= 11 is 0. The Morgan fingerprint density at radius 2 is 1.88 bits per heavy atom. The Hall–Kier alpha value is -2.95. The lowest BCUT2D eigenvalue weighted by Gasteiger charge is -2.05. The van der Waals surface area contributed by atoms with Crippen molar-refractivity contribution in [1.82, 2.24) is 9.88 Å². The van der Waals surface area contributed by atoms with E-state index >= 15 is 0 Å². The highest BCUT2D eigenvalue weighted by atomic mass is 16.2. The molecule has 1 aliphatic rings. The van der Waals surface area contributed by atoms with Crippen LogP contribution in [0.15, 0.2) is 59.7 Å². The average molecular weight is 349 g/mol. The van der Waals surface area contributed by atoms with E-state index in [1.807, 2.05) is 38.1 Å². The summed E-state index contributed by atoms with van der Waals surface area (Å²) in [5, 5.41) is 2.96. The summed E-state index contributed by atoms with van der Waals surface area (Å²) in [4.78, 5) is 28.9. The van der Waals surface area contributed by atoms with E-state index in [2.05, 4.69) is 10.3 Å². The number of benzene rings is 1. The van der Waals surface area contributed by atoms with Gasteiger partial charge in [0.25, 0.3) is 11.8 Å². The molecule has 1 N–H and O–H groups in total. The molecule has 0 aliphatic heterocycles. The second-order valence-corrected chi connectivity index (χ2v) is 6.69. The third-order valence-electron chi connectivity index (χ3n) is 3.97. The Kier molecular flexibility index (Phi) is 5.46. The quantitative estimate of drug-likeness (QED) is 0.843. The molecule has 5 heteroatoms. The second kappa shape index (κ2) is 7.95. The molecule has 2 aromatic rings. The standard InChI is InChI=1S/C21H23N3O2/c1-15(2)22-19-5-3-4-14-24(19)20(25)13-8-16-6-9-17(10-7-16)21(26)23-18-11-12-18/h3-10,13-15,18H,11-12H2,1-2H3,(H,23,26)/b13-8-,22-19?. The Balaban J connectivity index is 1.71. The molecule has 0 spiro atoms. The molecule has 1 saturated carbocycles. The monoisotopic (exact) mass is 349 g/mol. The van der Waals surface area contributed by atoms with Gasteiger partial charge in [-0.05, 0) is 62.6 Å². The highest BCUT2D eigenvalue weighted by Crippen LogP contribution is 2.19. The first-order chi connectivity index (χ1) is 12.5. The molecule has 3 rings (SSSR count). The lowest BCUT2D eigenvalue weighted by Crippen LogP contribution is -2.26. The number of aromatic nitrogens is 1. The molecule has 0 unspecified atom stereocenters. The third-order valence-corrected chi connectivity index (χ3v) is 3.97. The molecule has 1 amide bonds. The topological polar surface area (TPSA) is 63.5 Å². The van der Waals surface area contributed by atoms with Gasteiger partial charge in [0.2, 0.25) is 0 Å². The lowest BCUT2D eigenvalue weighted by atomic mass is 10.1. The van der Waals surface area contributed by atoms with Gasteiger partial charge in [0.15, 0.2) is 0 Å². The van der Waals surface area contributed by atoms with Crippen molar-refractivity contribution < 1.29 is 9.59 Å². The van der Waals surface area contributed by atoms with Crippen molar-refractivity contribution in [3.63, 3.8) is 0 Å². The van der Waals surface area contributed by atoms with Crippen molar-refractivity contribution in [2.24, 2.45) is 4.99 Å². The zero-order valence-electron chi connectivity index (χ0n) is 15.1. The summed E-state index contributed by atoms with van der Waals surface area (Å²) in [6.45, 7) is 3.94. The SMILES string of the molecule is CC(C)N=c1ccccn1C(=O)/C=C\c1ccc(C(=O)NC2CC2)cc1. The van der Waals surface area contributed by atoms with Crippen molar-refractivity contribution in [3.05, 3.63) is 71.4 Å². The average Bonchev–Trinajstić information content (AvgIpc) is 3.44. The Labute approximate surface area is 153 Å². The molecule has 0 saturated heterocycles. The molecular formula is C21H23N3O2. The number of pyridine rings is 1. The summed E-state index contributed by atoms with van der Waals surface area (Å²) in [7, 11) is 0. The van der Waals surface area contributed by atoms with Crippen LogP contribution in [0.3, 0.4) is 0 Å². The molecule has 1 aromatic carbocycles. The maximum atomic E-state index is 12.5. The van der Waals surface area contributed by atoms with Crippen molar-refractivity contribution >= 4 is 17.9 Å². The van der Waals surface area contributed by atoms with Crippen LogP contribution in [0, 0.1) is 0 Å². The van der Waals surface area contributed by atoms with E-state index in [4.69, 9.17) is 0 Å². The van der Waals surface area contributed by atoms with E-state index in [-0.39, 0.29) is 17.9 Å². The summed E-state index contributed by atoms with van der Waals surface area (Å²) in [6, 6.07) is 13.1. The minimum atomic E-state index is -0.166. The smallest absolute Gasteiger partial charge is 0.256 e. The van der Waals surface area contributed by atoms with Crippen LogP contribution >= 0.6 is 0 Å². The highest BCUT2D eigenvalue weighted by molar-refractivity contribution is 5.95. The first kappa shape index (κ1) is 17.9. The number of nitrogens with zero attached hydrogens (tertiary/aromatic N) is 2. The minimum absolute atomic E-state index is 0.0427. The number of hydrogen-bond donors (Lipinski definition) is 1. The zero-order valence-corrected chi connectivity index (χ0v) is 15.1. The number of allylic oxidation sites excluding steroid dienone is 1. The Morgan fingerprint density at radius 3 is 2.54 bits per heavy atom. The van der Waals surface area contributed by atoms with Gasteiger partial charge in [0, 0.05) is 29.9 Å². The van der Waals surface area contributed by atoms with Gasteiger partial charge in [0.1, 0.15) is 5.49 Å². The number of amides is 1. The van der Waals surface area contributed by atoms with E-state index < -0.39 is 0 Å². The van der Waals surface area contributed by atoms with E-state index in [1.54, 1.807) is 30.5 Å². The van der Waals surface area contributed by atoms with Crippen LogP contribution in [0.5, 0.6) is 0 Å². The van der Waals surface area contributed by atoms with Crippen LogP contribution in [0.25, 0.3) is 6.08 Å². The van der Waals surface area contributed by atoms with Gasteiger partial charge in [-0.15, -0.1) is 0 Å². The predicted molar refractivity (Wildman–Crippen MR) is 102 cm³/mol. The molecule has 0 radical (unpaired) electrons. The van der Waals surface area contributed by atoms with Gasteiger partial charge >= 0.3 is 0 Å². The van der Waals surface area contributed by atoms with Crippen LogP contribution < -0.4 is 10.8 Å². The highest BCUT2D eigenvalue weighted by Gasteiger charge is 2.23. The number of nitrogens with one attached hydrogen (secondary N) is 1. The van der Waals surface area contributed by atoms with E-state index in [1.165, 1.54) is 10.6 Å². The summed E-state index contributed by atoms with van der Waals surface area (Å²) in [6.07, 6.45) is 7.09. The molecule has 0 bridgehead atoms. The van der Waals surface area contributed by atoms with E-state index in [9.17, 15) is 9.59 Å². The van der Waals surface area contributed by atoms with Gasteiger partial charge in [-0.1, -0.05) is 18.2 Å².